The van der Waals surface area contributed by atoms with E-state index in [2.05, 4.69) is 58.3 Å². The summed E-state index contributed by atoms with van der Waals surface area (Å²) in [5.74, 6) is 0.630. The van der Waals surface area contributed by atoms with Crippen molar-refractivity contribution >= 4 is 19.7 Å². The van der Waals surface area contributed by atoms with Crippen molar-refractivity contribution in [3.8, 4) is 0 Å². The number of nitrogens with zero attached hydrogens (tertiary/aromatic N) is 2. The Bertz CT molecular complexity index is 575. The van der Waals surface area contributed by atoms with Gasteiger partial charge in [0.25, 0.3) is 0 Å². The Kier molecular flexibility index (Phi) is 7.99. The average molecular weight is 493 g/mol. The first-order valence-electron chi connectivity index (χ1n) is 12.4. The standard InChI is InChI=1S/C22H44N2O6SSi/c1-8-22(32-28-19(5)12-24(13-20(6)29-32)14-21(7)30-32)15-31-25-16(2)9-23(10-17(3)26-31)11-18(4)27-31/h16-22H,8-15H2,1-7H3. The molecule has 6 rings (SSSR count). The van der Waals surface area contributed by atoms with Crippen LogP contribution in [-0.4, -0.2) is 100 Å². The summed E-state index contributed by atoms with van der Waals surface area (Å²) in [5.41, 5.74) is 0.0519. The molecule has 6 aliphatic heterocycles. The quantitative estimate of drug-likeness (QED) is 0.554. The van der Waals surface area contributed by atoms with Gasteiger partial charge in [0.2, 0.25) is 0 Å². The number of rotatable bonds is 4. The molecule has 0 aromatic carbocycles. The molecule has 32 heavy (non-hydrogen) atoms. The van der Waals surface area contributed by atoms with Crippen molar-refractivity contribution in [1.29, 1.82) is 0 Å². The van der Waals surface area contributed by atoms with Gasteiger partial charge in [-0.2, -0.15) is 0 Å². The molecule has 6 saturated heterocycles. The van der Waals surface area contributed by atoms with Crippen molar-refractivity contribution in [1.82, 2.24) is 9.80 Å². The molecule has 0 aromatic heterocycles. The van der Waals surface area contributed by atoms with Crippen LogP contribution < -0.4 is 0 Å². The molecule has 6 heterocycles. The lowest BCUT2D eigenvalue weighted by atomic mass is 10.2. The summed E-state index contributed by atoms with van der Waals surface area (Å²) in [4.78, 5) is 4.79. The van der Waals surface area contributed by atoms with Crippen molar-refractivity contribution in [2.75, 3.05) is 45.0 Å². The van der Waals surface area contributed by atoms with E-state index in [4.69, 9.17) is 25.8 Å². The first-order chi connectivity index (χ1) is 15.1. The van der Waals surface area contributed by atoms with E-state index >= 15 is 0 Å². The van der Waals surface area contributed by atoms with Crippen LogP contribution in [0, 0.1) is 0 Å². The van der Waals surface area contributed by atoms with Gasteiger partial charge in [0, 0.05) is 44.8 Å². The third-order valence-corrected chi connectivity index (χ3v) is 13.3. The zero-order valence-electron chi connectivity index (χ0n) is 21.0. The van der Waals surface area contributed by atoms with Gasteiger partial charge in [-0.05, 0) is 48.0 Å². The largest absolute Gasteiger partial charge is 0.506 e. The fraction of sp³-hybridized carbons (Fsp3) is 1.00. The maximum absolute atomic E-state index is 6.75. The molecule has 0 aliphatic carbocycles. The lowest BCUT2D eigenvalue weighted by molar-refractivity contribution is -0.0840. The van der Waals surface area contributed by atoms with Crippen molar-refractivity contribution in [2.45, 2.75) is 97.1 Å². The van der Waals surface area contributed by atoms with E-state index in [0.717, 1.165) is 45.7 Å². The van der Waals surface area contributed by atoms with E-state index in [0.29, 0.717) is 5.75 Å². The lowest BCUT2D eigenvalue weighted by Crippen LogP contribution is -2.64. The van der Waals surface area contributed by atoms with E-state index in [9.17, 15) is 0 Å². The smallest absolute Gasteiger partial charge is 0.369 e. The average Bonchev–Trinajstić information content (AvgIpc) is 2.60. The molecule has 8 nitrogen and oxygen atoms in total. The fourth-order valence-electron chi connectivity index (χ4n) is 5.70. The van der Waals surface area contributed by atoms with Crippen molar-refractivity contribution in [2.24, 2.45) is 0 Å². The summed E-state index contributed by atoms with van der Waals surface area (Å²) in [6.07, 6.45) is 1.19. The minimum atomic E-state index is -3.04. The normalized spacial score (nSPS) is 53.1. The molecular formula is C22H44N2O6SSi. The molecule has 10 heteroatoms. The molecular weight excluding hydrogens is 448 g/mol. The van der Waals surface area contributed by atoms with Crippen LogP contribution in [0.1, 0.15) is 54.9 Å². The topological polar surface area (TPSA) is 61.9 Å². The predicted octanol–water partition coefficient (Wildman–Crippen LogP) is 3.34. The van der Waals surface area contributed by atoms with Crippen LogP contribution >= 0.6 is 10.9 Å². The molecule has 6 fully saturated rings. The van der Waals surface area contributed by atoms with Crippen molar-refractivity contribution in [3.05, 3.63) is 0 Å². The monoisotopic (exact) mass is 492 g/mol. The van der Waals surface area contributed by atoms with Crippen LogP contribution in [0.25, 0.3) is 0 Å². The highest BCUT2D eigenvalue weighted by Gasteiger charge is 2.57. The van der Waals surface area contributed by atoms with E-state index < -0.39 is 19.7 Å². The number of hydrogen-bond acceptors (Lipinski definition) is 8. The number of hydrogen-bond donors (Lipinski definition) is 0. The van der Waals surface area contributed by atoms with Crippen molar-refractivity contribution in [3.63, 3.8) is 0 Å². The highest BCUT2D eigenvalue weighted by Crippen LogP contribution is 2.60. The SMILES string of the molecule is CCC(CS12OC(C)CN(CC(C)O1)CC(C)O2)[Si]12OC(C)CN(CC(C)O1)CC(C)O2. The Morgan fingerprint density at radius 1 is 0.656 bits per heavy atom. The summed E-state index contributed by atoms with van der Waals surface area (Å²) in [6.45, 7) is 20.4. The van der Waals surface area contributed by atoms with Gasteiger partial charge in [-0.15, -0.1) is 0 Å². The van der Waals surface area contributed by atoms with Gasteiger partial charge in [0.1, 0.15) is 0 Å². The molecule has 188 valence electrons. The van der Waals surface area contributed by atoms with Gasteiger partial charge in [-0.3, -0.25) is 22.3 Å². The Morgan fingerprint density at radius 2 is 1.00 bits per heavy atom. The van der Waals surface area contributed by atoms with E-state index in [1.807, 2.05) is 0 Å². The van der Waals surface area contributed by atoms with Crippen LogP contribution in [0.3, 0.4) is 0 Å². The summed E-state index contributed by atoms with van der Waals surface area (Å²) < 4.78 is 40.1. The van der Waals surface area contributed by atoms with Crippen LogP contribution in [-0.2, 0) is 25.8 Å². The predicted molar refractivity (Wildman–Crippen MR) is 128 cm³/mol. The highest BCUT2D eigenvalue weighted by molar-refractivity contribution is 8.21. The lowest BCUT2D eigenvalue weighted by Gasteiger charge is -2.52. The second-order valence-corrected chi connectivity index (χ2v) is 15.1. The molecule has 0 aromatic rings. The Morgan fingerprint density at radius 3 is 1.34 bits per heavy atom. The fourth-order valence-corrected chi connectivity index (χ4v) is 13.1. The Hall–Kier alpha value is 0.247. The third-order valence-electron chi connectivity index (χ3n) is 6.52. The van der Waals surface area contributed by atoms with Gasteiger partial charge in [0.15, 0.2) is 0 Å². The summed E-state index contributed by atoms with van der Waals surface area (Å²) in [5, 5.41) is 0. The van der Waals surface area contributed by atoms with Crippen molar-refractivity contribution < 1.29 is 25.8 Å². The Balaban J connectivity index is 1.67. The number of fused-ring (bicyclic) bond motifs is 12. The zero-order chi connectivity index (χ0) is 23.1. The van der Waals surface area contributed by atoms with Crippen LogP contribution in [0.2, 0.25) is 5.54 Å². The summed E-state index contributed by atoms with van der Waals surface area (Å²) in [7, 11) is -5.28. The zero-order valence-corrected chi connectivity index (χ0v) is 22.8. The third kappa shape index (κ3) is 5.72. The van der Waals surface area contributed by atoms with Gasteiger partial charge in [-0.25, -0.2) is 0 Å². The van der Waals surface area contributed by atoms with Gasteiger partial charge < -0.3 is 13.3 Å². The molecule has 4 bridgehead atoms. The van der Waals surface area contributed by atoms with Crippen LogP contribution in [0.5, 0.6) is 0 Å². The van der Waals surface area contributed by atoms with Crippen LogP contribution in [0.4, 0.5) is 0 Å². The molecule has 0 spiro atoms. The molecule has 6 aliphatic rings. The summed E-state index contributed by atoms with van der Waals surface area (Å²) >= 11 is 0. The van der Waals surface area contributed by atoms with Gasteiger partial charge in [0.05, 0.1) is 53.2 Å². The minimum Gasteiger partial charge on any atom is -0.369 e. The highest BCUT2D eigenvalue weighted by atomic mass is 32.3. The molecule has 0 saturated carbocycles. The minimum absolute atomic E-state index is 0.0458. The summed E-state index contributed by atoms with van der Waals surface area (Å²) in [6, 6.07) is 0. The first kappa shape index (κ1) is 25.3. The van der Waals surface area contributed by atoms with E-state index in [1.54, 1.807) is 0 Å². The second kappa shape index (κ2) is 10.1. The van der Waals surface area contributed by atoms with E-state index in [1.165, 1.54) is 0 Å². The molecule has 7 atom stereocenters. The van der Waals surface area contributed by atoms with E-state index in [-0.39, 0.29) is 42.2 Å². The maximum atomic E-state index is 6.75. The molecule has 0 N–H and O–H groups in total. The Labute approximate surface area is 197 Å². The first-order valence-corrected chi connectivity index (χ1v) is 15.8. The maximum Gasteiger partial charge on any atom is 0.506 e. The molecule has 0 amide bonds. The van der Waals surface area contributed by atoms with Crippen LogP contribution in [0.15, 0.2) is 0 Å². The molecule has 7 unspecified atom stereocenters. The second-order valence-electron chi connectivity index (χ2n) is 10.4. The van der Waals surface area contributed by atoms with Gasteiger partial charge in [-0.1, -0.05) is 6.92 Å². The molecule has 0 radical (unpaired) electrons. The van der Waals surface area contributed by atoms with Gasteiger partial charge >= 0.3 is 8.80 Å².